The highest BCUT2D eigenvalue weighted by Gasteiger charge is 2.22. The van der Waals surface area contributed by atoms with Gasteiger partial charge in [-0.05, 0) is 19.3 Å². The van der Waals surface area contributed by atoms with Gasteiger partial charge in [0.05, 0.1) is 0 Å². The molecule has 1 rings (SSSR count). The van der Waals surface area contributed by atoms with Crippen LogP contribution in [0.4, 0.5) is 0 Å². The predicted octanol–water partition coefficient (Wildman–Crippen LogP) is 6.53. The average molecular weight is 323 g/mol. The maximum absolute atomic E-state index is 2.58. The zero-order chi connectivity index (χ0) is 16.8. The van der Waals surface area contributed by atoms with Crippen molar-refractivity contribution in [3.8, 4) is 0 Å². The predicted molar refractivity (Wildman–Crippen MR) is 103 cm³/mol. The smallest absolute Gasteiger partial charge is 0.100 e. The first-order valence-electron chi connectivity index (χ1n) is 10.5. The molecule has 0 N–H and O–H groups in total. The molecule has 0 aromatic rings. The highest BCUT2D eigenvalue weighted by atomic mass is 15.4. The first-order valence-corrected chi connectivity index (χ1v) is 10.5. The van der Waals surface area contributed by atoms with Crippen LogP contribution in [-0.2, 0) is 0 Å². The molecule has 0 bridgehead atoms. The molecule has 2 heteroatoms. The maximum Gasteiger partial charge on any atom is 0.100 e. The Hall–Kier alpha value is -0.660. The molecule has 0 aromatic heterocycles. The van der Waals surface area contributed by atoms with E-state index in [-0.39, 0.29) is 0 Å². The minimum atomic E-state index is 0.626. The van der Waals surface area contributed by atoms with Crippen LogP contribution in [-0.4, -0.2) is 29.6 Å². The van der Waals surface area contributed by atoms with Gasteiger partial charge in [-0.25, -0.2) is 0 Å². The number of unbranched alkanes of at least 4 members (excludes halogenated alkanes) is 11. The zero-order valence-corrected chi connectivity index (χ0v) is 16.2. The summed E-state index contributed by atoms with van der Waals surface area (Å²) < 4.78 is 0. The molecule has 0 saturated carbocycles. The molecule has 1 aliphatic rings. The Bertz CT molecular complexity index is 288. The minimum absolute atomic E-state index is 0.626. The van der Waals surface area contributed by atoms with Crippen LogP contribution in [0.1, 0.15) is 104 Å². The van der Waals surface area contributed by atoms with Crippen molar-refractivity contribution in [2.45, 2.75) is 110 Å². The van der Waals surface area contributed by atoms with Crippen LogP contribution in [0.25, 0.3) is 0 Å². The summed E-state index contributed by atoms with van der Waals surface area (Å²) in [5.74, 6) is 0. The van der Waals surface area contributed by atoms with E-state index < -0.39 is 0 Å². The Kier molecular flexibility index (Phi) is 12.2. The summed E-state index contributed by atoms with van der Waals surface area (Å²) in [6.45, 7) is 5.83. The van der Waals surface area contributed by atoms with Gasteiger partial charge in [-0.2, -0.15) is 0 Å². The van der Waals surface area contributed by atoms with Crippen molar-refractivity contribution in [2.75, 3.05) is 13.6 Å². The number of rotatable bonds is 15. The van der Waals surface area contributed by atoms with Crippen LogP contribution in [0.3, 0.4) is 0 Å². The lowest BCUT2D eigenvalue weighted by Crippen LogP contribution is -2.37. The molecule has 0 saturated heterocycles. The topological polar surface area (TPSA) is 6.48 Å². The SMILES string of the molecule is CCCCCCCCCCN1C=CN(C)C1CCCCCCC. The van der Waals surface area contributed by atoms with E-state index >= 15 is 0 Å². The highest BCUT2D eigenvalue weighted by molar-refractivity contribution is 4.95. The zero-order valence-electron chi connectivity index (χ0n) is 16.2. The van der Waals surface area contributed by atoms with Crippen LogP contribution in [0.2, 0.25) is 0 Å². The largest absolute Gasteiger partial charge is 0.359 e. The standard InChI is InChI=1S/C21H42N2/c1-4-6-8-10-11-12-14-16-18-23-20-19-22(3)21(23)17-15-13-9-7-5-2/h19-21H,4-18H2,1-3H3. The fourth-order valence-corrected chi connectivity index (χ4v) is 3.58. The van der Waals surface area contributed by atoms with Gasteiger partial charge < -0.3 is 9.80 Å². The molecule has 2 nitrogen and oxygen atoms in total. The van der Waals surface area contributed by atoms with E-state index in [1.807, 2.05) is 0 Å². The van der Waals surface area contributed by atoms with E-state index in [2.05, 4.69) is 43.1 Å². The Morgan fingerprint density at radius 1 is 0.652 bits per heavy atom. The molecular weight excluding hydrogens is 280 g/mol. The molecule has 0 spiro atoms. The molecule has 1 aliphatic heterocycles. The fraction of sp³-hybridized carbons (Fsp3) is 0.905. The van der Waals surface area contributed by atoms with Crippen molar-refractivity contribution >= 4 is 0 Å². The third kappa shape index (κ3) is 9.27. The molecule has 1 unspecified atom stereocenters. The molecule has 0 amide bonds. The van der Waals surface area contributed by atoms with Crippen molar-refractivity contribution < 1.29 is 0 Å². The Morgan fingerprint density at radius 2 is 1.17 bits per heavy atom. The van der Waals surface area contributed by atoms with Crippen LogP contribution < -0.4 is 0 Å². The van der Waals surface area contributed by atoms with Gasteiger partial charge >= 0.3 is 0 Å². The van der Waals surface area contributed by atoms with E-state index in [1.165, 1.54) is 96.4 Å². The summed E-state index contributed by atoms with van der Waals surface area (Å²) >= 11 is 0. The second-order valence-electron chi connectivity index (χ2n) is 7.36. The van der Waals surface area contributed by atoms with Crippen LogP contribution in [0.5, 0.6) is 0 Å². The highest BCUT2D eigenvalue weighted by Crippen LogP contribution is 2.21. The normalized spacial score (nSPS) is 17.4. The molecule has 0 aromatic carbocycles. The lowest BCUT2D eigenvalue weighted by Gasteiger charge is -2.30. The van der Waals surface area contributed by atoms with Crippen LogP contribution in [0.15, 0.2) is 12.4 Å². The van der Waals surface area contributed by atoms with Crippen LogP contribution >= 0.6 is 0 Å². The molecule has 1 heterocycles. The summed E-state index contributed by atoms with van der Waals surface area (Å²) in [6, 6.07) is 0. The first-order chi connectivity index (χ1) is 11.3. The van der Waals surface area contributed by atoms with Gasteiger partial charge in [0.1, 0.15) is 6.17 Å². The summed E-state index contributed by atoms with van der Waals surface area (Å²) in [6.07, 6.45) is 24.8. The summed E-state index contributed by atoms with van der Waals surface area (Å²) in [5.41, 5.74) is 0. The number of hydrogen-bond donors (Lipinski definition) is 0. The Balaban J connectivity index is 2.05. The molecule has 1 atom stereocenters. The molecular formula is C21H42N2. The molecule has 0 radical (unpaired) electrons. The number of nitrogens with zero attached hydrogens (tertiary/aromatic N) is 2. The van der Waals surface area contributed by atoms with Crippen molar-refractivity contribution in [2.24, 2.45) is 0 Å². The van der Waals surface area contributed by atoms with Gasteiger partial charge in [0, 0.05) is 26.0 Å². The van der Waals surface area contributed by atoms with Gasteiger partial charge in [-0.15, -0.1) is 0 Å². The molecule has 0 fully saturated rings. The van der Waals surface area contributed by atoms with E-state index in [0.717, 1.165) is 0 Å². The van der Waals surface area contributed by atoms with Crippen LogP contribution in [0, 0.1) is 0 Å². The molecule has 136 valence electrons. The van der Waals surface area contributed by atoms with Crippen molar-refractivity contribution in [1.29, 1.82) is 0 Å². The van der Waals surface area contributed by atoms with Gasteiger partial charge in [0.25, 0.3) is 0 Å². The summed E-state index contributed by atoms with van der Waals surface area (Å²) in [4.78, 5) is 4.99. The van der Waals surface area contributed by atoms with Gasteiger partial charge in [0.15, 0.2) is 0 Å². The minimum Gasteiger partial charge on any atom is -0.359 e. The molecule has 0 aliphatic carbocycles. The maximum atomic E-state index is 2.58. The lowest BCUT2D eigenvalue weighted by molar-refractivity contribution is 0.159. The van der Waals surface area contributed by atoms with Gasteiger partial charge in [-0.1, -0.05) is 84.5 Å². The second kappa shape index (κ2) is 13.7. The van der Waals surface area contributed by atoms with Gasteiger partial charge in [0.2, 0.25) is 0 Å². The van der Waals surface area contributed by atoms with Crippen molar-refractivity contribution in [3.05, 3.63) is 12.4 Å². The van der Waals surface area contributed by atoms with Gasteiger partial charge in [-0.3, -0.25) is 0 Å². The van der Waals surface area contributed by atoms with Crippen molar-refractivity contribution in [3.63, 3.8) is 0 Å². The average Bonchev–Trinajstić information content (AvgIpc) is 2.90. The van der Waals surface area contributed by atoms with Crippen molar-refractivity contribution in [1.82, 2.24) is 9.80 Å². The second-order valence-corrected chi connectivity index (χ2v) is 7.36. The molecule has 23 heavy (non-hydrogen) atoms. The Labute approximate surface area is 146 Å². The lowest BCUT2D eigenvalue weighted by atomic mass is 10.1. The Morgan fingerprint density at radius 3 is 1.78 bits per heavy atom. The summed E-state index contributed by atoms with van der Waals surface area (Å²) in [7, 11) is 2.24. The first kappa shape index (κ1) is 20.4. The fourth-order valence-electron chi connectivity index (χ4n) is 3.58. The van der Waals surface area contributed by atoms with E-state index in [0.29, 0.717) is 6.17 Å². The third-order valence-corrected chi connectivity index (χ3v) is 5.18. The van der Waals surface area contributed by atoms with E-state index in [1.54, 1.807) is 0 Å². The van der Waals surface area contributed by atoms with E-state index in [9.17, 15) is 0 Å². The quantitative estimate of drug-likeness (QED) is 0.316. The van der Waals surface area contributed by atoms with E-state index in [4.69, 9.17) is 0 Å². The monoisotopic (exact) mass is 322 g/mol. The summed E-state index contributed by atoms with van der Waals surface area (Å²) in [5, 5.41) is 0. The third-order valence-electron chi connectivity index (χ3n) is 5.18. The number of hydrogen-bond acceptors (Lipinski definition) is 2.